The van der Waals surface area contributed by atoms with E-state index in [1.165, 1.54) is 4.90 Å². The number of nitrogens with one attached hydrogen (secondary N) is 2. The number of carboxylic acid groups (broad SMARTS) is 1. The van der Waals surface area contributed by atoms with Crippen molar-refractivity contribution in [3.05, 3.63) is 0 Å². The Balaban J connectivity index is 2.87. The van der Waals surface area contributed by atoms with Crippen LogP contribution in [0.2, 0.25) is 0 Å². The molecular weight excluding hydrogens is 412 g/mol. The van der Waals surface area contributed by atoms with Crippen LogP contribution < -0.4 is 27.8 Å². The van der Waals surface area contributed by atoms with Gasteiger partial charge in [-0.1, -0.05) is 0 Å². The number of carbonyl (C=O) groups is 5. The van der Waals surface area contributed by atoms with Gasteiger partial charge in [0.1, 0.15) is 18.1 Å². The average Bonchev–Trinajstić information content (AvgIpc) is 3.19. The van der Waals surface area contributed by atoms with Crippen LogP contribution >= 0.6 is 0 Å². The molecule has 0 aromatic heterocycles. The van der Waals surface area contributed by atoms with Gasteiger partial charge < -0.3 is 42.9 Å². The van der Waals surface area contributed by atoms with E-state index < -0.39 is 60.4 Å². The number of unbranched alkanes of at least 4 members (excludes halogenated alkanes) is 1. The molecule has 4 amide bonds. The molecule has 1 aliphatic heterocycles. The van der Waals surface area contributed by atoms with Crippen LogP contribution in [-0.4, -0.2) is 88.6 Å². The molecule has 176 valence electrons. The molecule has 1 fully saturated rings. The van der Waals surface area contributed by atoms with Gasteiger partial charge in [-0.15, -0.1) is 0 Å². The Hall–Kier alpha value is -2.77. The first-order valence-electron chi connectivity index (χ1n) is 10.1. The fourth-order valence-electron chi connectivity index (χ4n) is 3.31. The fourth-order valence-corrected chi connectivity index (χ4v) is 3.31. The molecule has 13 heteroatoms. The van der Waals surface area contributed by atoms with Crippen molar-refractivity contribution in [3.63, 3.8) is 0 Å². The number of amides is 4. The third-order valence-electron chi connectivity index (χ3n) is 4.95. The van der Waals surface area contributed by atoms with Crippen LogP contribution in [0.1, 0.15) is 38.5 Å². The summed E-state index contributed by atoms with van der Waals surface area (Å²) in [4.78, 5) is 61.2. The van der Waals surface area contributed by atoms with Gasteiger partial charge in [0.05, 0.1) is 19.1 Å². The van der Waals surface area contributed by atoms with E-state index in [4.69, 9.17) is 27.4 Å². The van der Waals surface area contributed by atoms with Gasteiger partial charge in [-0.25, -0.2) is 4.79 Å². The molecular formula is C18H32N6O7. The molecule has 1 heterocycles. The second-order valence-corrected chi connectivity index (χ2v) is 7.39. The largest absolute Gasteiger partial charge is 0.480 e. The quantitative estimate of drug-likeness (QED) is 0.139. The predicted molar refractivity (Wildman–Crippen MR) is 108 cm³/mol. The smallest absolute Gasteiger partial charge is 0.328 e. The zero-order valence-corrected chi connectivity index (χ0v) is 17.3. The first-order chi connectivity index (χ1) is 14.6. The Morgan fingerprint density at radius 1 is 1.10 bits per heavy atom. The maximum Gasteiger partial charge on any atom is 0.328 e. The highest BCUT2D eigenvalue weighted by Crippen LogP contribution is 2.19. The molecule has 10 N–H and O–H groups in total. The summed E-state index contributed by atoms with van der Waals surface area (Å²) in [6.45, 7) is -0.175. The highest BCUT2D eigenvalue weighted by Gasteiger charge is 2.38. The van der Waals surface area contributed by atoms with E-state index >= 15 is 0 Å². The number of carbonyl (C=O) groups excluding carboxylic acids is 4. The van der Waals surface area contributed by atoms with Crippen LogP contribution in [-0.2, 0) is 24.0 Å². The highest BCUT2D eigenvalue weighted by molar-refractivity contribution is 5.95. The van der Waals surface area contributed by atoms with Crippen molar-refractivity contribution in [2.75, 3.05) is 19.7 Å². The molecule has 0 aromatic rings. The zero-order chi connectivity index (χ0) is 23.6. The summed E-state index contributed by atoms with van der Waals surface area (Å²) in [5.74, 6) is -4.12. The monoisotopic (exact) mass is 444 g/mol. The van der Waals surface area contributed by atoms with Crippen LogP contribution in [0, 0.1) is 0 Å². The van der Waals surface area contributed by atoms with E-state index in [0.717, 1.165) is 0 Å². The van der Waals surface area contributed by atoms with Crippen LogP contribution in [0.3, 0.4) is 0 Å². The topological polar surface area (TPSA) is 231 Å². The predicted octanol–water partition coefficient (Wildman–Crippen LogP) is -3.64. The van der Waals surface area contributed by atoms with Crippen molar-refractivity contribution in [2.45, 2.75) is 62.7 Å². The van der Waals surface area contributed by atoms with Crippen LogP contribution in [0.15, 0.2) is 0 Å². The lowest BCUT2D eigenvalue weighted by molar-refractivity contribution is -0.144. The lowest BCUT2D eigenvalue weighted by Gasteiger charge is -2.28. The molecule has 4 unspecified atom stereocenters. The number of rotatable bonds is 13. The molecule has 31 heavy (non-hydrogen) atoms. The summed E-state index contributed by atoms with van der Waals surface area (Å²) in [5.41, 5.74) is 16.2. The van der Waals surface area contributed by atoms with Gasteiger partial charge in [-0.3, -0.25) is 19.2 Å². The van der Waals surface area contributed by atoms with Gasteiger partial charge in [0.2, 0.25) is 23.6 Å². The molecule has 13 nitrogen and oxygen atoms in total. The second kappa shape index (κ2) is 12.8. The van der Waals surface area contributed by atoms with Crippen LogP contribution in [0.4, 0.5) is 0 Å². The lowest BCUT2D eigenvalue weighted by atomic mass is 10.1. The SMILES string of the molecule is NCCCCC(NC(=O)C1CCCN1C(=O)C(N)CC(N)=O)C(=O)NC(CO)C(=O)O. The molecule has 4 atom stereocenters. The number of nitrogens with two attached hydrogens (primary N) is 3. The molecule has 1 rings (SSSR count). The number of aliphatic carboxylic acids is 1. The normalized spacial score (nSPS) is 18.7. The van der Waals surface area contributed by atoms with Crippen molar-refractivity contribution in [3.8, 4) is 0 Å². The highest BCUT2D eigenvalue weighted by atomic mass is 16.4. The van der Waals surface area contributed by atoms with Crippen LogP contribution in [0.25, 0.3) is 0 Å². The number of primary amides is 1. The molecule has 0 bridgehead atoms. The summed E-state index contributed by atoms with van der Waals surface area (Å²) in [7, 11) is 0. The van der Waals surface area contributed by atoms with E-state index in [1.54, 1.807) is 0 Å². The number of aliphatic hydroxyl groups is 1. The van der Waals surface area contributed by atoms with E-state index in [2.05, 4.69) is 10.6 Å². The molecule has 0 radical (unpaired) electrons. The number of hydrogen-bond donors (Lipinski definition) is 7. The lowest BCUT2D eigenvalue weighted by Crippen LogP contribution is -2.57. The zero-order valence-electron chi connectivity index (χ0n) is 17.3. The third kappa shape index (κ3) is 8.11. The maximum absolute atomic E-state index is 12.8. The van der Waals surface area contributed by atoms with Gasteiger partial charge in [0.15, 0.2) is 0 Å². The minimum absolute atomic E-state index is 0.189. The summed E-state index contributed by atoms with van der Waals surface area (Å²) >= 11 is 0. The standard InChI is InChI=1S/C18H32N6O7/c19-6-2-1-4-11(15(27)23-12(9-25)18(30)31)22-16(28)13-5-3-7-24(13)17(29)10(20)8-14(21)26/h10-13,25H,1-9,19-20H2,(H2,21,26)(H,22,28)(H,23,27)(H,30,31). The molecule has 0 saturated carbocycles. The Bertz CT molecular complexity index is 674. The van der Waals surface area contributed by atoms with Crippen molar-refractivity contribution in [1.29, 1.82) is 0 Å². The Kier molecular flexibility index (Phi) is 10.9. The molecule has 0 aromatic carbocycles. The minimum Gasteiger partial charge on any atom is -0.480 e. The number of aliphatic hydroxyl groups excluding tert-OH is 1. The van der Waals surface area contributed by atoms with Gasteiger partial charge >= 0.3 is 5.97 Å². The van der Waals surface area contributed by atoms with Gasteiger partial charge in [0, 0.05) is 6.54 Å². The van der Waals surface area contributed by atoms with Crippen molar-refractivity contribution in [1.82, 2.24) is 15.5 Å². The van der Waals surface area contributed by atoms with E-state index in [9.17, 15) is 24.0 Å². The third-order valence-corrected chi connectivity index (χ3v) is 4.95. The summed E-state index contributed by atoms with van der Waals surface area (Å²) in [6, 6.07) is -4.65. The van der Waals surface area contributed by atoms with Gasteiger partial charge in [0.25, 0.3) is 0 Å². The van der Waals surface area contributed by atoms with Gasteiger partial charge in [-0.2, -0.15) is 0 Å². The van der Waals surface area contributed by atoms with Crippen molar-refractivity contribution >= 4 is 29.6 Å². The molecule has 0 spiro atoms. The van der Waals surface area contributed by atoms with Crippen molar-refractivity contribution < 1.29 is 34.2 Å². The first-order valence-corrected chi connectivity index (χ1v) is 10.1. The molecule has 1 saturated heterocycles. The number of carboxylic acids is 1. The van der Waals surface area contributed by atoms with Gasteiger partial charge in [-0.05, 0) is 38.6 Å². The maximum atomic E-state index is 12.8. The molecule has 1 aliphatic rings. The second-order valence-electron chi connectivity index (χ2n) is 7.39. The molecule has 0 aliphatic carbocycles. The fraction of sp³-hybridized carbons (Fsp3) is 0.722. The summed E-state index contributed by atoms with van der Waals surface area (Å²) < 4.78 is 0. The van der Waals surface area contributed by atoms with E-state index in [1.807, 2.05) is 0 Å². The Morgan fingerprint density at radius 2 is 1.77 bits per heavy atom. The van der Waals surface area contributed by atoms with E-state index in [0.29, 0.717) is 32.2 Å². The van der Waals surface area contributed by atoms with Crippen LogP contribution in [0.5, 0.6) is 0 Å². The Morgan fingerprint density at radius 3 is 2.32 bits per heavy atom. The average molecular weight is 444 g/mol. The number of likely N-dealkylation sites (tertiary alicyclic amines) is 1. The summed E-state index contributed by atoms with van der Waals surface area (Å²) in [6.07, 6.45) is 1.77. The van der Waals surface area contributed by atoms with E-state index in [-0.39, 0.29) is 19.4 Å². The first kappa shape index (κ1) is 26.3. The number of hydrogen-bond acceptors (Lipinski definition) is 8. The number of nitrogens with zero attached hydrogens (tertiary/aromatic N) is 1. The summed E-state index contributed by atoms with van der Waals surface area (Å²) in [5, 5.41) is 22.9. The van der Waals surface area contributed by atoms with Crippen molar-refractivity contribution in [2.24, 2.45) is 17.2 Å². The Labute approximate surface area is 179 Å². The minimum atomic E-state index is -1.52.